The predicted octanol–water partition coefficient (Wildman–Crippen LogP) is 2.12. The zero-order valence-corrected chi connectivity index (χ0v) is 11.9. The Morgan fingerprint density at radius 3 is 2.76 bits per heavy atom. The van der Waals surface area contributed by atoms with Gasteiger partial charge in [-0.05, 0) is 24.1 Å². The molecule has 2 rings (SSSR count). The highest BCUT2D eigenvalue weighted by atomic mass is 16.3. The molecule has 1 unspecified atom stereocenters. The van der Waals surface area contributed by atoms with E-state index in [2.05, 4.69) is 15.6 Å². The first-order chi connectivity index (χ1) is 10.1. The van der Waals surface area contributed by atoms with Gasteiger partial charge in [0.2, 0.25) is 0 Å². The molecular weight excluding hydrogens is 266 g/mol. The number of aryl methyl sites for hydroxylation is 1. The van der Waals surface area contributed by atoms with E-state index in [9.17, 15) is 9.90 Å². The van der Waals surface area contributed by atoms with Gasteiger partial charge in [0.15, 0.2) is 0 Å². The fraction of sp³-hybridized carbons (Fsp3) is 0.250. The standard InChI is InChI=1S/C16H19N3O2/c1-12-10-17-8-7-15(12)19-16(21)18-11-14(20)9-13-5-3-2-4-6-13/h2-8,10,14,20H,9,11H2,1H3,(H2,17,18,19,21). The van der Waals surface area contributed by atoms with Crippen molar-refractivity contribution in [2.45, 2.75) is 19.4 Å². The molecule has 0 radical (unpaired) electrons. The third-order valence-electron chi connectivity index (χ3n) is 3.08. The lowest BCUT2D eigenvalue weighted by Crippen LogP contribution is -2.36. The molecule has 0 aliphatic heterocycles. The molecule has 1 atom stereocenters. The molecule has 3 N–H and O–H groups in total. The normalized spacial score (nSPS) is 11.7. The molecule has 1 aromatic carbocycles. The molecule has 5 heteroatoms. The van der Waals surface area contributed by atoms with Gasteiger partial charge in [0.1, 0.15) is 0 Å². The fourth-order valence-corrected chi connectivity index (χ4v) is 1.95. The molecule has 2 amide bonds. The number of aliphatic hydroxyl groups is 1. The highest BCUT2D eigenvalue weighted by Gasteiger charge is 2.08. The summed E-state index contributed by atoms with van der Waals surface area (Å²) in [5.74, 6) is 0. The number of urea groups is 1. The number of pyridine rings is 1. The minimum Gasteiger partial charge on any atom is -0.391 e. The monoisotopic (exact) mass is 285 g/mol. The van der Waals surface area contributed by atoms with Crippen LogP contribution in [0.25, 0.3) is 0 Å². The van der Waals surface area contributed by atoms with Crippen molar-refractivity contribution in [3.63, 3.8) is 0 Å². The summed E-state index contributed by atoms with van der Waals surface area (Å²) in [6.07, 6.45) is 3.19. The van der Waals surface area contributed by atoms with Gasteiger partial charge in [-0.15, -0.1) is 0 Å². The largest absolute Gasteiger partial charge is 0.391 e. The maximum absolute atomic E-state index is 11.8. The topological polar surface area (TPSA) is 74.2 Å². The summed E-state index contributed by atoms with van der Waals surface area (Å²) in [7, 11) is 0. The summed E-state index contributed by atoms with van der Waals surface area (Å²) in [5.41, 5.74) is 2.63. The summed E-state index contributed by atoms with van der Waals surface area (Å²) >= 11 is 0. The average Bonchev–Trinajstić information content (AvgIpc) is 2.49. The van der Waals surface area contributed by atoms with Gasteiger partial charge in [0.05, 0.1) is 6.10 Å². The first kappa shape index (κ1) is 15.0. The summed E-state index contributed by atoms with van der Waals surface area (Å²) in [5, 5.41) is 15.3. The highest BCUT2D eigenvalue weighted by Crippen LogP contribution is 2.11. The Morgan fingerprint density at radius 2 is 2.05 bits per heavy atom. The third-order valence-corrected chi connectivity index (χ3v) is 3.08. The van der Waals surface area contributed by atoms with Gasteiger partial charge in [0, 0.05) is 31.0 Å². The number of hydrogen-bond donors (Lipinski definition) is 3. The smallest absolute Gasteiger partial charge is 0.319 e. The Balaban J connectivity index is 1.77. The van der Waals surface area contributed by atoms with Gasteiger partial charge < -0.3 is 15.7 Å². The van der Waals surface area contributed by atoms with E-state index in [-0.39, 0.29) is 12.6 Å². The lowest BCUT2D eigenvalue weighted by molar-refractivity contribution is 0.172. The number of nitrogens with zero attached hydrogens (tertiary/aromatic N) is 1. The van der Waals surface area contributed by atoms with E-state index in [0.29, 0.717) is 12.1 Å². The van der Waals surface area contributed by atoms with Gasteiger partial charge in [-0.25, -0.2) is 4.79 Å². The van der Waals surface area contributed by atoms with Crippen molar-refractivity contribution in [3.05, 3.63) is 59.9 Å². The number of anilines is 1. The molecular formula is C16H19N3O2. The molecule has 1 heterocycles. The molecule has 0 aliphatic carbocycles. The fourth-order valence-electron chi connectivity index (χ4n) is 1.95. The maximum Gasteiger partial charge on any atom is 0.319 e. The summed E-state index contributed by atoms with van der Waals surface area (Å²) in [6.45, 7) is 2.07. The number of rotatable bonds is 5. The van der Waals surface area contributed by atoms with Crippen LogP contribution in [0.3, 0.4) is 0 Å². The van der Waals surface area contributed by atoms with Crippen LogP contribution in [0.1, 0.15) is 11.1 Å². The molecule has 2 aromatic rings. The zero-order chi connectivity index (χ0) is 15.1. The number of amides is 2. The molecule has 0 fully saturated rings. The van der Waals surface area contributed by atoms with E-state index in [0.717, 1.165) is 11.1 Å². The van der Waals surface area contributed by atoms with E-state index < -0.39 is 6.10 Å². The Bertz CT molecular complexity index is 587. The van der Waals surface area contributed by atoms with Crippen LogP contribution in [0.5, 0.6) is 0 Å². The number of carbonyl (C=O) groups excluding carboxylic acids is 1. The van der Waals surface area contributed by atoms with Crippen molar-refractivity contribution in [2.75, 3.05) is 11.9 Å². The number of hydrogen-bond acceptors (Lipinski definition) is 3. The summed E-state index contributed by atoms with van der Waals surface area (Å²) in [4.78, 5) is 15.7. The van der Waals surface area contributed by atoms with Gasteiger partial charge >= 0.3 is 6.03 Å². The maximum atomic E-state index is 11.8. The second kappa shape index (κ2) is 7.40. The quantitative estimate of drug-likeness (QED) is 0.787. The van der Waals surface area contributed by atoms with Gasteiger partial charge in [-0.2, -0.15) is 0 Å². The van der Waals surface area contributed by atoms with Crippen molar-refractivity contribution < 1.29 is 9.90 Å². The predicted molar refractivity (Wildman–Crippen MR) is 82.1 cm³/mol. The van der Waals surface area contributed by atoms with Crippen LogP contribution in [-0.4, -0.2) is 28.8 Å². The second-order valence-electron chi connectivity index (χ2n) is 4.87. The molecule has 5 nitrogen and oxygen atoms in total. The molecule has 21 heavy (non-hydrogen) atoms. The Labute approximate surface area is 124 Å². The van der Waals surface area contributed by atoms with Crippen LogP contribution in [0.15, 0.2) is 48.8 Å². The van der Waals surface area contributed by atoms with E-state index >= 15 is 0 Å². The Morgan fingerprint density at radius 1 is 1.29 bits per heavy atom. The number of aromatic nitrogens is 1. The Kier molecular flexibility index (Phi) is 5.29. The molecule has 110 valence electrons. The Hall–Kier alpha value is -2.40. The van der Waals surface area contributed by atoms with E-state index in [1.165, 1.54) is 0 Å². The lowest BCUT2D eigenvalue weighted by atomic mass is 10.1. The van der Waals surface area contributed by atoms with Crippen LogP contribution >= 0.6 is 0 Å². The van der Waals surface area contributed by atoms with Gasteiger partial charge in [0.25, 0.3) is 0 Å². The van der Waals surface area contributed by atoms with Crippen molar-refractivity contribution in [1.29, 1.82) is 0 Å². The first-order valence-corrected chi connectivity index (χ1v) is 6.82. The number of benzene rings is 1. The minimum absolute atomic E-state index is 0.199. The molecule has 0 spiro atoms. The molecule has 0 bridgehead atoms. The number of nitrogens with one attached hydrogen (secondary N) is 2. The van der Waals surface area contributed by atoms with E-state index in [4.69, 9.17) is 0 Å². The van der Waals surface area contributed by atoms with Crippen molar-refractivity contribution in [3.8, 4) is 0 Å². The molecule has 0 saturated carbocycles. The molecule has 0 aliphatic rings. The van der Waals surface area contributed by atoms with E-state index in [1.54, 1.807) is 18.5 Å². The average molecular weight is 285 g/mol. The third kappa shape index (κ3) is 4.89. The minimum atomic E-state index is -0.614. The number of carbonyl (C=O) groups is 1. The van der Waals surface area contributed by atoms with Crippen LogP contribution < -0.4 is 10.6 Å². The van der Waals surface area contributed by atoms with Crippen LogP contribution in [0.2, 0.25) is 0 Å². The molecule has 0 saturated heterocycles. The van der Waals surface area contributed by atoms with E-state index in [1.807, 2.05) is 37.3 Å². The van der Waals surface area contributed by atoms with Gasteiger partial charge in [-0.3, -0.25) is 4.98 Å². The second-order valence-corrected chi connectivity index (χ2v) is 4.87. The lowest BCUT2D eigenvalue weighted by Gasteiger charge is -2.13. The summed E-state index contributed by atoms with van der Waals surface area (Å²) in [6, 6.07) is 11.1. The number of aliphatic hydroxyl groups excluding tert-OH is 1. The van der Waals surface area contributed by atoms with Gasteiger partial charge in [-0.1, -0.05) is 30.3 Å². The van der Waals surface area contributed by atoms with Crippen molar-refractivity contribution >= 4 is 11.7 Å². The first-order valence-electron chi connectivity index (χ1n) is 6.82. The van der Waals surface area contributed by atoms with Crippen LogP contribution in [0.4, 0.5) is 10.5 Å². The van der Waals surface area contributed by atoms with Crippen LogP contribution in [-0.2, 0) is 6.42 Å². The SMILES string of the molecule is Cc1cnccc1NC(=O)NCC(O)Cc1ccccc1. The van der Waals surface area contributed by atoms with Crippen molar-refractivity contribution in [1.82, 2.24) is 10.3 Å². The summed E-state index contributed by atoms with van der Waals surface area (Å²) < 4.78 is 0. The molecule has 1 aromatic heterocycles. The van der Waals surface area contributed by atoms with Crippen molar-refractivity contribution in [2.24, 2.45) is 0 Å². The zero-order valence-electron chi connectivity index (χ0n) is 11.9. The van der Waals surface area contributed by atoms with Crippen LogP contribution in [0, 0.1) is 6.92 Å². The highest BCUT2D eigenvalue weighted by molar-refractivity contribution is 5.89.